The number of fused-ring (bicyclic) bond motifs is 1. The Bertz CT molecular complexity index is 1180. The second kappa shape index (κ2) is 10.0. The summed E-state index contributed by atoms with van der Waals surface area (Å²) < 4.78 is 13.5. The van der Waals surface area contributed by atoms with Crippen LogP contribution in [0.1, 0.15) is 57.4 Å². The fraction of sp³-hybridized carbons (Fsp3) is 0.577. The Balaban J connectivity index is 1.28. The second-order valence-corrected chi connectivity index (χ2v) is 10.8. The molecule has 3 aromatic rings. The van der Waals surface area contributed by atoms with Gasteiger partial charge in [0.25, 0.3) is 0 Å². The Morgan fingerprint density at radius 1 is 1.08 bits per heavy atom. The maximum absolute atomic E-state index is 10.4. The molecule has 0 spiro atoms. The third-order valence-electron chi connectivity index (χ3n) is 7.21. The largest absolute Gasteiger partial charge is 0.394 e. The molecular weight excluding hydrogens is 462 g/mol. The van der Waals surface area contributed by atoms with Crippen LogP contribution >= 0.6 is 0 Å². The topological polar surface area (TPSA) is 135 Å². The number of ether oxygens (including phenoxy) is 2. The lowest BCUT2D eigenvalue weighted by Gasteiger charge is -2.23. The SMILES string of the molecule is CC(C)(C)c1ccc(CO[C@@H]2CCC[C@@H]2Nc2ncnc3c2ncn3[C@@H]2O[C@H](CO)[C@@H](O)[C@H]2O)cc1. The molecule has 0 unspecified atom stereocenters. The number of aliphatic hydroxyl groups excluding tert-OH is 3. The van der Waals surface area contributed by atoms with Crippen LogP contribution in [0.2, 0.25) is 0 Å². The van der Waals surface area contributed by atoms with Gasteiger partial charge >= 0.3 is 0 Å². The van der Waals surface area contributed by atoms with Crippen LogP contribution in [0.5, 0.6) is 0 Å². The van der Waals surface area contributed by atoms with Gasteiger partial charge in [-0.1, -0.05) is 45.0 Å². The minimum Gasteiger partial charge on any atom is -0.394 e. The van der Waals surface area contributed by atoms with E-state index < -0.39 is 31.1 Å². The first-order chi connectivity index (χ1) is 17.3. The lowest BCUT2D eigenvalue weighted by molar-refractivity contribution is -0.0511. The first-order valence-corrected chi connectivity index (χ1v) is 12.5. The minimum absolute atomic E-state index is 0.0415. The van der Waals surface area contributed by atoms with E-state index in [2.05, 4.69) is 65.3 Å². The molecule has 1 aromatic carbocycles. The summed E-state index contributed by atoms with van der Waals surface area (Å²) in [6.45, 7) is 6.77. The van der Waals surface area contributed by atoms with Gasteiger partial charge < -0.3 is 30.1 Å². The van der Waals surface area contributed by atoms with E-state index in [4.69, 9.17) is 9.47 Å². The minimum atomic E-state index is -1.21. The zero-order chi connectivity index (χ0) is 25.4. The Morgan fingerprint density at radius 2 is 1.86 bits per heavy atom. The van der Waals surface area contributed by atoms with Crippen LogP contribution in [0.25, 0.3) is 11.2 Å². The molecule has 2 aliphatic rings. The Labute approximate surface area is 210 Å². The summed E-state index contributed by atoms with van der Waals surface area (Å²) in [4.78, 5) is 13.2. The highest BCUT2D eigenvalue weighted by molar-refractivity contribution is 5.82. The lowest BCUT2D eigenvalue weighted by Crippen LogP contribution is -2.33. The highest BCUT2D eigenvalue weighted by atomic mass is 16.6. The molecule has 36 heavy (non-hydrogen) atoms. The zero-order valence-electron chi connectivity index (χ0n) is 20.9. The van der Waals surface area contributed by atoms with Crippen LogP contribution < -0.4 is 5.32 Å². The van der Waals surface area contributed by atoms with Gasteiger partial charge in [-0.3, -0.25) is 4.57 Å². The lowest BCUT2D eigenvalue weighted by atomic mass is 9.87. The fourth-order valence-electron chi connectivity index (χ4n) is 5.02. The summed E-state index contributed by atoms with van der Waals surface area (Å²) in [6.07, 6.45) is 1.77. The molecule has 3 heterocycles. The molecule has 2 fully saturated rings. The van der Waals surface area contributed by atoms with Gasteiger partial charge in [0, 0.05) is 0 Å². The van der Waals surface area contributed by atoms with E-state index in [1.54, 1.807) is 4.57 Å². The number of anilines is 1. The second-order valence-electron chi connectivity index (χ2n) is 10.8. The Hall–Kier alpha value is -2.63. The average Bonchev–Trinajstić information content (AvgIpc) is 3.56. The smallest absolute Gasteiger partial charge is 0.167 e. The molecule has 1 saturated carbocycles. The van der Waals surface area contributed by atoms with Crippen molar-refractivity contribution in [2.24, 2.45) is 0 Å². The van der Waals surface area contributed by atoms with Gasteiger partial charge in [0.05, 0.1) is 31.7 Å². The van der Waals surface area contributed by atoms with Gasteiger partial charge in [-0.05, 0) is 35.8 Å². The molecule has 10 heteroatoms. The highest BCUT2D eigenvalue weighted by Gasteiger charge is 2.44. The van der Waals surface area contributed by atoms with E-state index in [-0.39, 0.29) is 17.6 Å². The van der Waals surface area contributed by atoms with E-state index in [1.165, 1.54) is 18.2 Å². The number of hydrogen-bond acceptors (Lipinski definition) is 9. The van der Waals surface area contributed by atoms with Crippen molar-refractivity contribution < 1.29 is 24.8 Å². The van der Waals surface area contributed by atoms with Gasteiger partial charge in [-0.15, -0.1) is 0 Å². The summed E-state index contributed by atoms with van der Waals surface area (Å²) in [5.41, 5.74) is 3.58. The number of imidazole rings is 1. The third kappa shape index (κ3) is 4.83. The summed E-state index contributed by atoms with van der Waals surface area (Å²) in [5, 5.41) is 33.4. The quantitative estimate of drug-likeness (QED) is 0.388. The normalized spacial score (nSPS) is 28.7. The summed E-state index contributed by atoms with van der Waals surface area (Å²) in [7, 11) is 0. The molecule has 4 N–H and O–H groups in total. The number of benzene rings is 1. The van der Waals surface area contributed by atoms with Crippen molar-refractivity contribution in [3.63, 3.8) is 0 Å². The number of aliphatic hydroxyl groups is 3. The fourth-order valence-corrected chi connectivity index (χ4v) is 5.02. The Morgan fingerprint density at radius 3 is 2.56 bits per heavy atom. The van der Waals surface area contributed by atoms with Crippen molar-refractivity contribution in [2.75, 3.05) is 11.9 Å². The number of nitrogens with one attached hydrogen (secondary N) is 1. The average molecular weight is 498 g/mol. The Kier molecular flexibility index (Phi) is 6.97. The standard InChI is InChI=1S/C26H35N5O5/c1-26(2,3)16-9-7-15(8-10-16)12-35-18-6-4-5-17(18)30-23-20-24(28-13-27-23)31(14-29-20)25-22(34)21(33)19(11-32)36-25/h7-10,13-14,17-19,21-22,25,32-34H,4-6,11-12H2,1-3H3,(H,27,28,30)/t17-,18+,19+,21+,22+,25+/m0/s1. The van der Waals surface area contributed by atoms with E-state index in [0.29, 0.717) is 23.6 Å². The molecule has 1 saturated heterocycles. The monoisotopic (exact) mass is 497 g/mol. The molecule has 6 atom stereocenters. The van der Waals surface area contributed by atoms with Crippen LogP contribution in [-0.2, 0) is 21.5 Å². The van der Waals surface area contributed by atoms with Crippen molar-refractivity contribution in [1.29, 1.82) is 0 Å². The molecule has 2 aromatic heterocycles. The summed E-state index contributed by atoms with van der Waals surface area (Å²) in [5.74, 6) is 0.584. The molecule has 194 valence electrons. The van der Waals surface area contributed by atoms with Crippen molar-refractivity contribution in [3.8, 4) is 0 Å². The first-order valence-electron chi connectivity index (χ1n) is 12.5. The van der Waals surface area contributed by atoms with Crippen molar-refractivity contribution >= 4 is 17.0 Å². The predicted octanol–water partition coefficient (Wildman–Crippen LogP) is 2.29. The van der Waals surface area contributed by atoms with Gasteiger partial charge in [-0.25, -0.2) is 15.0 Å². The number of nitrogens with zero attached hydrogens (tertiary/aromatic N) is 4. The van der Waals surface area contributed by atoms with Gasteiger partial charge in [0.2, 0.25) is 0 Å². The molecule has 0 bridgehead atoms. The maximum atomic E-state index is 10.4. The molecule has 1 aliphatic carbocycles. The molecule has 1 aliphatic heterocycles. The van der Waals surface area contributed by atoms with E-state index in [9.17, 15) is 15.3 Å². The van der Waals surface area contributed by atoms with Crippen molar-refractivity contribution in [1.82, 2.24) is 19.5 Å². The number of aromatic nitrogens is 4. The van der Waals surface area contributed by atoms with Crippen LogP contribution in [0.15, 0.2) is 36.9 Å². The van der Waals surface area contributed by atoms with Crippen LogP contribution in [-0.4, -0.2) is 71.9 Å². The molecule has 0 radical (unpaired) electrons. The van der Waals surface area contributed by atoms with Gasteiger partial charge in [-0.2, -0.15) is 0 Å². The predicted molar refractivity (Wildman–Crippen MR) is 133 cm³/mol. The molecule has 0 amide bonds. The third-order valence-corrected chi connectivity index (χ3v) is 7.21. The molecule has 10 nitrogen and oxygen atoms in total. The summed E-state index contributed by atoms with van der Waals surface area (Å²) >= 11 is 0. The zero-order valence-corrected chi connectivity index (χ0v) is 20.9. The number of hydrogen-bond donors (Lipinski definition) is 4. The van der Waals surface area contributed by atoms with Crippen molar-refractivity contribution in [2.45, 2.75) is 88.7 Å². The van der Waals surface area contributed by atoms with E-state index in [0.717, 1.165) is 24.8 Å². The van der Waals surface area contributed by atoms with E-state index in [1.807, 2.05) is 0 Å². The van der Waals surface area contributed by atoms with Crippen LogP contribution in [0, 0.1) is 0 Å². The summed E-state index contributed by atoms with van der Waals surface area (Å²) in [6, 6.07) is 8.69. The maximum Gasteiger partial charge on any atom is 0.167 e. The molecular formula is C26H35N5O5. The number of rotatable bonds is 7. The van der Waals surface area contributed by atoms with Crippen molar-refractivity contribution in [3.05, 3.63) is 48.0 Å². The first kappa shape index (κ1) is 25.0. The van der Waals surface area contributed by atoms with Crippen LogP contribution in [0.4, 0.5) is 5.82 Å². The highest BCUT2D eigenvalue weighted by Crippen LogP contribution is 2.33. The van der Waals surface area contributed by atoms with E-state index >= 15 is 0 Å². The van der Waals surface area contributed by atoms with Crippen LogP contribution in [0.3, 0.4) is 0 Å². The van der Waals surface area contributed by atoms with Gasteiger partial charge in [0.1, 0.15) is 24.6 Å². The van der Waals surface area contributed by atoms with Gasteiger partial charge in [0.15, 0.2) is 23.2 Å². The molecule has 5 rings (SSSR count).